The van der Waals surface area contributed by atoms with Crippen LogP contribution in [0.3, 0.4) is 0 Å². The van der Waals surface area contributed by atoms with Gasteiger partial charge < -0.3 is 10.0 Å². The summed E-state index contributed by atoms with van der Waals surface area (Å²) in [6.45, 7) is 6.79. The number of hydrogen-bond donors (Lipinski definition) is 1. The zero-order chi connectivity index (χ0) is 10.9. The molecule has 82 valence electrons. The summed E-state index contributed by atoms with van der Waals surface area (Å²) in [4.78, 5) is 6.45. The van der Waals surface area contributed by atoms with E-state index in [0.29, 0.717) is 5.41 Å². The Morgan fingerprint density at radius 3 is 2.93 bits per heavy atom. The van der Waals surface area contributed by atoms with Gasteiger partial charge in [0, 0.05) is 25.0 Å². The number of aliphatic hydroxyl groups excluding tert-OH is 1. The van der Waals surface area contributed by atoms with E-state index in [1.807, 2.05) is 12.1 Å². The molecule has 2 rings (SSSR count). The first-order chi connectivity index (χ1) is 7.11. The molecule has 1 aromatic heterocycles. The fourth-order valence-corrected chi connectivity index (χ4v) is 2.08. The van der Waals surface area contributed by atoms with Crippen LogP contribution in [0.2, 0.25) is 0 Å². The Balaban J connectivity index is 2.16. The van der Waals surface area contributed by atoms with Crippen molar-refractivity contribution in [1.29, 1.82) is 0 Å². The van der Waals surface area contributed by atoms with Gasteiger partial charge in [-0.25, -0.2) is 0 Å². The summed E-state index contributed by atoms with van der Waals surface area (Å²) < 4.78 is 0. The van der Waals surface area contributed by atoms with E-state index in [0.717, 1.165) is 18.8 Å². The highest BCUT2D eigenvalue weighted by molar-refractivity contribution is 5.47. The predicted molar refractivity (Wildman–Crippen MR) is 60.8 cm³/mol. The van der Waals surface area contributed by atoms with Crippen LogP contribution in [-0.4, -0.2) is 23.2 Å². The van der Waals surface area contributed by atoms with Crippen LogP contribution in [0, 0.1) is 5.41 Å². The molecule has 15 heavy (non-hydrogen) atoms. The Kier molecular flexibility index (Phi) is 2.65. The lowest BCUT2D eigenvalue weighted by atomic mass is 9.93. The minimum Gasteiger partial charge on any atom is -0.390 e. The third-order valence-electron chi connectivity index (χ3n) is 3.00. The molecule has 1 N–H and O–H groups in total. The molecular weight excluding hydrogens is 188 g/mol. The lowest BCUT2D eigenvalue weighted by Crippen LogP contribution is -2.22. The lowest BCUT2D eigenvalue weighted by Gasteiger charge is -2.21. The number of anilines is 1. The third kappa shape index (κ3) is 2.29. The zero-order valence-corrected chi connectivity index (χ0v) is 9.40. The molecule has 2 heterocycles. The van der Waals surface area contributed by atoms with Crippen LogP contribution >= 0.6 is 0 Å². The maximum Gasteiger partial charge on any atom is 0.0853 e. The van der Waals surface area contributed by atoms with Gasteiger partial charge in [0.05, 0.1) is 12.3 Å². The quantitative estimate of drug-likeness (QED) is 0.801. The van der Waals surface area contributed by atoms with E-state index < -0.39 is 0 Å². The van der Waals surface area contributed by atoms with Crippen molar-refractivity contribution in [3.05, 3.63) is 24.0 Å². The van der Waals surface area contributed by atoms with Gasteiger partial charge in [-0.1, -0.05) is 13.8 Å². The second-order valence-corrected chi connectivity index (χ2v) is 5.00. The number of aliphatic hydroxyl groups is 1. The summed E-state index contributed by atoms with van der Waals surface area (Å²) in [5.41, 5.74) is 2.33. The molecule has 0 radical (unpaired) electrons. The SMILES string of the molecule is CC1(C)CCN(c2ccnc(CO)c2)C1. The average Bonchev–Trinajstić information content (AvgIpc) is 2.59. The highest BCUT2D eigenvalue weighted by Gasteiger charge is 2.29. The standard InChI is InChI=1S/C12H18N2O/c1-12(2)4-6-14(9-12)11-3-5-13-10(7-11)8-15/h3,5,7,15H,4,6,8-9H2,1-2H3. The summed E-state index contributed by atoms with van der Waals surface area (Å²) in [5, 5.41) is 9.03. The van der Waals surface area contributed by atoms with Crippen LogP contribution in [0.4, 0.5) is 5.69 Å². The first-order valence-electron chi connectivity index (χ1n) is 5.41. The molecular formula is C12H18N2O. The van der Waals surface area contributed by atoms with E-state index in [1.165, 1.54) is 12.1 Å². The molecule has 1 aliphatic heterocycles. The second-order valence-electron chi connectivity index (χ2n) is 5.00. The number of hydrogen-bond acceptors (Lipinski definition) is 3. The van der Waals surface area contributed by atoms with Gasteiger partial charge in [0.25, 0.3) is 0 Å². The van der Waals surface area contributed by atoms with Crippen molar-refractivity contribution in [3.63, 3.8) is 0 Å². The highest BCUT2D eigenvalue weighted by atomic mass is 16.3. The van der Waals surface area contributed by atoms with E-state index in [4.69, 9.17) is 5.11 Å². The molecule has 1 aliphatic rings. The highest BCUT2D eigenvalue weighted by Crippen LogP contribution is 2.32. The van der Waals surface area contributed by atoms with E-state index in [-0.39, 0.29) is 6.61 Å². The average molecular weight is 206 g/mol. The maximum absolute atomic E-state index is 9.03. The molecule has 3 heteroatoms. The van der Waals surface area contributed by atoms with Gasteiger partial charge in [-0.15, -0.1) is 0 Å². The van der Waals surface area contributed by atoms with Gasteiger partial charge in [-0.05, 0) is 24.0 Å². The topological polar surface area (TPSA) is 36.4 Å². The predicted octanol–water partition coefficient (Wildman–Crippen LogP) is 1.81. The van der Waals surface area contributed by atoms with Crippen molar-refractivity contribution in [1.82, 2.24) is 4.98 Å². The smallest absolute Gasteiger partial charge is 0.0853 e. The van der Waals surface area contributed by atoms with Gasteiger partial charge in [0.1, 0.15) is 0 Å². The molecule has 3 nitrogen and oxygen atoms in total. The molecule has 0 spiro atoms. The van der Waals surface area contributed by atoms with Crippen LogP contribution in [-0.2, 0) is 6.61 Å². The van der Waals surface area contributed by atoms with Crippen LogP contribution in [0.5, 0.6) is 0 Å². The van der Waals surface area contributed by atoms with Crippen LogP contribution in [0.1, 0.15) is 26.0 Å². The third-order valence-corrected chi connectivity index (χ3v) is 3.00. The minimum atomic E-state index is 0.0189. The van der Waals surface area contributed by atoms with Crippen LogP contribution < -0.4 is 4.90 Å². The number of rotatable bonds is 2. The van der Waals surface area contributed by atoms with Gasteiger partial charge in [0.15, 0.2) is 0 Å². The van der Waals surface area contributed by atoms with Crippen molar-refractivity contribution in [2.24, 2.45) is 5.41 Å². The van der Waals surface area contributed by atoms with Crippen LogP contribution in [0.15, 0.2) is 18.3 Å². The van der Waals surface area contributed by atoms with E-state index >= 15 is 0 Å². The summed E-state index contributed by atoms with van der Waals surface area (Å²) in [7, 11) is 0. The summed E-state index contributed by atoms with van der Waals surface area (Å²) >= 11 is 0. The van der Waals surface area contributed by atoms with Gasteiger partial charge in [-0.2, -0.15) is 0 Å². The van der Waals surface area contributed by atoms with E-state index in [1.54, 1.807) is 6.20 Å². The second kappa shape index (κ2) is 3.81. The van der Waals surface area contributed by atoms with E-state index in [9.17, 15) is 0 Å². The number of aromatic nitrogens is 1. The Bertz CT molecular complexity index is 349. The molecule has 0 atom stereocenters. The summed E-state index contributed by atoms with van der Waals surface area (Å²) in [5.74, 6) is 0. The van der Waals surface area contributed by atoms with Crippen molar-refractivity contribution < 1.29 is 5.11 Å². The maximum atomic E-state index is 9.03. The van der Waals surface area contributed by atoms with Gasteiger partial charge in [0.2, 0.25) is 0 Å². The Hall–Kier alpha value is -1.09. The molecule has 1 aromatic rings. The first kappa shape index (κ1) is 10.4. The molecule has 1 saturated heterocycles. The van der Waals surface area contributed by atoms with Crippen molar-refractivity contribution in [2.75, 3.05) is 18.0 Å². The first-order valence-corrected chi connectivity index (χ1v) is 5.41. The number of nitrogens with zero attached hydrogens (tertiary/aromatic N) is 2. The largest absolute Gasteiger partial charge is 0.390 e. The molecule has 0 amide bonds. The summed E-state index contributed by atoms with van der Waals surface area (Å²) in [6.07, 6.45) is 3.00. The minimum absolute atomic E-state index is 0.0189. The van der Waals surface area contributed by atoms with Gasteiger partial charge in [-0.3, -0.25) is 4.98 Å². The lowest BCUT2D eigenvalue weighted by molar-refractivity contribution is 0.277. The molecule has 0 aliphatic carbocycles. The van der Waals surface area contributed by atoms with Crippen molar-refractivity contribution >= 4 is 5.69 Å². The van der Waals surface area contributed by atoms with E-state index in [2.05, 4.69) is 23.7 Å². The molecule has 0 aromatic carbocycles. The zero-order valence-electron chi connectivity index (χ0n) is 9.40. The van der Waals surface area contributed by atoms with Gasteiger partial charge >= 0.3 is 0 Å². The Labute approximate surface area is 90.8 Å². The molecule has 0 saturated carbocycles. The monoisotopic (exact) mass is 206 g/mol. The number of pyridine rings is 1. The normalized spacial score (nSPS) is 19.5. The summed E-state index contributed by atoms with van der Waals surface area (Å²) in [6, 6.07) is 3.99. The van der Waals surface area contributed by atoms with Crippen molar-refractivity contribution in [2.45, 2.75) is 26.9 Å². The van der Waals surface area contributed by atoms with Crippen LogP contribution in [0.25, 0.3) is 0 Å². The Morgan fingerprint density at radius 1 is 1.53 bits per heavy atom. The fraction of sp³-hybridized carbons (Fsp3) is 0.583. The molecule has 0 bridgehead atoms. The van der Waals surface area contributed by atoms with Crippen molar-refractivity contribution in [3.8, 4) is 0 Å². The fourth-order valence-electron chi connectivity index (χ4n) is 2.08. The Morgan fingerprint density at radius 2 is 2.33 bits per heavy atom. The molecule has 1 fully saturated rings. The molecule has 0 unspecified atom stereocenters.